The van der Waals surface area contributed by atoms with Crippen LogP contribution >= 0.6 is 11.6 Å². The normalized spacial score (nSPS) is 11.3. The van der Waals surface area contributed by atoms with E-state index >= 15 is 0 Å². The van der Waals surface area contributed by atoms with E-state index in [-0.39, 0.29) is 17.0 Å². The van der Waals surface area contributed by atoms with Crippen molar-refractivity contribution in [2.24, 2.45) is 0 Å². The highest BCUT2D eigenvalue weighted by Gasteiger charge is 2.16. The van der Waals surface area contributed by atoms with Crippen LogP contribution in [0.2, 0.25) is 5.02 Å². The summed E-state index contributed by atoms with van der Waals surface area (Å²) in [6.45, 7) is 1.31. The van der Waals surface area contributed by atoms with E-state index in [4.69, 9.17) is 11.6 Å². The standard InChI is InChI=1S/C16H16ClFN2O3S/c1-11-8-14(6-7-15(11)18)24(22,23)20-10-16(21)19-9-12-2-4-13(17)5-3-12/h2-8,20H,9-10H2,1H3,(H,19,21). The van der Waals surface area contributed by atoms with Crippen LogP contribution in [0.4, 0.5) is 4.39 Å². The first-order valence-electron chi connectivity index (χ1n) is 7.05. The molecule has 0 bridgehead atoms. The molecule has 0 fully saturated rings. The molecule has 0 aliphatic heterocycles. The van der Waals surface area contributed by atoms with Gasteiger partial charge in [0.2, 0.25) is 15.9 Å². The molecule has 2 aromatic rings. The van der Waals surface area contributed by atoms with Crippen LogP contribution in [0.1, 0.15) is 11.1 Å². The Bertz CT molecular complexity index is 839. The molecule has 0 aliphatic rings. The van der Waals surface area contributed by atoms with Crippen molar-refractivity contribution in [2.75, 3.05) is 6.54 Å². The molecule has 0 radical (unpaired) electrons. The summed E-state index contributed by atoms with van der Waals surface area (Å²) >= 11 is 5.77. The predicted molar refractivity (Wildman–Crippen MR) is 89.6 cm³/mol. The van der Waals surface area contributed by atoms with Gasteiger partial charge in [-0.2, -0.15) is 0 Å². The molecule has 0 spiro atoms. The second kappa shape index (κ2) is 7.74. The van der Waals surface area contributed by atoms with Crippen molar-refractivity contribution in [3.63, 3.8) is 0 Å². The molecule has 2 N–H and O–H groups in total. The lowest BCUT2D eigenvalue weighted by atomic mass is 10.2. The van der Waals surface area contributed by atoms with Gasteiger partial charge in [-0.25, -0.2) is 17.5 Å². The van der Waals surface area contributed by atoms with Crippen LogP contribution < -0.4 is 10.0 Å². The lowest BCUT2D eigenvalue weighted by molar-refractivity contribution is -0.120. The second-order valence-electron chi connectivity index (χ2n) is 5.14. The van der Waals surface area contributed by atoms with Crippen LogP contribution in [0.25, 0.3) is 0 Å². The Labute approximate surface area is 144 Å². The fourth-order valence-corrected chi connectivity index (χ4v) is 3.09. The van der Waals surface area contributed by atoms with Gasteiger partial charge in [0.15, 0.2) is 0 Å². The van der Waals surface area contributed by atoms with Crippen LogP contribution in [-0.2, 0) is 21.4 Å². The minimum atomic E-state index is -3.88. The van der Waals surface area contributed by atoms with E-state index in [0.717, 1.165) is 17.7 Å². The molecular weight excluding hydrogens is 355 g/mol. The molecule has 128 valence electrons. The lowest BCUT2D eigenvalue weighted by Crippen LogP contribution is -2.36. The van der Waals surface area contributed by atoms with Crippen LogP contribution in [0.3, 0.4) is 0 Å². The minimum Gasteiger partial charge on any atom is -0.351 e. The Morgan fingerprint density at radius 3 is 2.46 bits per heavy atom. The summed E-state index contributed by atoms with van der Waals surface area (Å²) in [5.41, 5.74) is 1.05. The molecule has 5 nitrogen and oxygen atoms in total. The average molecular weight is 371 g/mol. The summed E-state index contributed by atoms with van der Waals surface area (Å²) in [7, 11) is -3.88. The van der Waals surface area contributed by atoms with Crippen molar-refractivity contribution >= 4 is 27.5 Å². The van der Waals surface area contributed by atoms with Crippen LogP contribution in [0.15, 0.2) is 47.4 Å². The number of carbonyl (C=O) groups is 1. The maximum Gasteiger partial charge on any atom is 0.241 e. The van der Waals surface area contributed by atoms with E-state index < -0.39 is 28.3 Å². The summed E-state index contributed by atoms with van der Waals surface area (Å²) in [5, 5.41) is 3.18. The van der Waals surface area contributed by atoms with Gasteiger partial charge in [-0.15, -0.1) is 0 Å². The Morgan fingerprint density at radius 2 is 1.83 bits per heavy atom. The number of nitrogens with one attached hydrogen (secondary N) is 2. The number of sulfonamides is 1. The molecule has 0 atom stereocenters. The Balaban J connectivity index is 1.90. The summed E-state index contributed by atoms with van der Waals surface area (Å²) in [6.07, 6.45) is 0. The van der Waals surface area contributed by atoms with Gasteiger partial charge in [0.05, 0.1) is 11.4 Å². The van der Waals surface area contributed by atoms with E-state index in [1.54, 1.807) is 24.3 Å². The van der Waals surface area contributed by atoms with Gasteiger partial charge in [0.1, 0.15) is 5.82 Å². The van der Waals surface area contributed by atoms with E-state index in [1.165, 1.54) is 13.0 Å². The number of amides is 1. The Hall–Kier alpha value is -1.96. The molecule has 0 unspecified atom stereocenters. The van der Waals surface area contributed by atoms with Crippen molar-refractivity contribution in [1.29, 1.82) is 0 Å². The first kappa shape index (κ1) is 18.4. The molecule has 0 saturated heterocycles. The fourth-order valence-electron chi connectivity index (χ4n) is 1.89. The maximum atomic E-state index is 13.2. The van der Waals surface area contributed by atoms with Gasteiger partial charge in [-0.3, -0.25) is 4.79 Å². The van der Waals surface area contributed by atoms with Gasteiger partial charge < -0.3 is 5.32 Å². The zero-order chi connectivity index (χ0) is 17.7. The zero-order valence-electron chi connectivity index (χ0n) is 12.8. The van der Waals surface area contributed by atoms with Gasteiger partial charge >= 0.3 is 0 Å². The van der Waals surface area contributed by atoms with Gasteiger partial charge in [-0.1, -0.05) is 23.7 Å². The summed E-state index contributed by atoms with van der Waals surface area (Å²) in [4.78, 5) is 11.7. The molecule has 2 aromatic carbocycles. The molecule has 0 aromatic heterocycles. The number of carbonyl (C=O) groups excluding carboxylic acids is 1. The quantitative estimate of drug-likeness (QED) is 0.819. The number of aryl methyl sites for hydroxylation is 1. The van der Waals surface area contributed by atoms with E-state index in [1.807, 2.05) is 0 Å². The van der Waals surface area contributed by atoms with E-state index in [0.29, 0.717) is 5.02 Å². The molecule has 0 saturated carbocycles. The predicted octanol–water partition coefficient (Wildman–Crippen LogP) is 2.38. The van der Waals surface area contributed by atoms with E-state index in [9.17, 15) is 17.6 Å². The average Bonchev–Trinajstić information content (AvgIpc) is 2.55. The van der Waals surface area contributed by atoms with Gasteiger partial charge in [0.25, 0.3) is 0 Å². The second-order valence-corrected chi connectivity index (χ2v) is 7.34. The smallest absolute Gasteiger partial charge is 0.241 e. The Morgan fingerprint density at radius 1 is 1.17 bits per heavy atom. The first-order valence-corrected chi connectivity index (χ1v) is 8.91. The first-order chi connectivity index (χ1) is 11.3. The van der Waals surface area contributed by atoms with Crippen molar-refractivity contribution in [3.8, 4) is 0 Å². The number of benzene rings is 2. The molecule has 8 heteroatoms. The minimum absolute atomic E-state index is 0.0908. The van der Waals surface area contributed by atoms with E-state index in [2.05, 4.69) is 10.0 Å². The monoisotopic (exact) mass is 370 g/mol. The number of hydrogen-bond acceptors (Lipinski definition) is 3. The molecule has 1 amide bonds. The van der Waals surface area contributed by atoms with Crippen molar-refractivity contribution in [3.05, 3.63) is 64.4 Å². The van der Waals surface area contributed by atoms with Crippen molar-refractivity contribution in [2.45, 2.75) is 18.4 Å². The number of hydrogen-bond donors (Lipinski definition) is 2. The topological polar surface area (TPSA) is 75.3 Å². The highest BCUT2D eigenvalue weighted by molar-refractivity contribution is 7.89. The van der Waals surface area contributed by atoms with Crippen LogP contribution in [-0.4, -0.2) is 20.9 Å². The molecule has 24 heavy (non-hydrogen) atoms. The van der Waals surface area contributed by atoms with Crippen LogP contribution in [0.5, 0.6) is 0 Å². The van der Waals surface area contributed by atoms with Gasteiger partial charge in [-0.05, 0) is 48.4 Å². The third-order valence-electron chi connectivity index (χ3n) is 3.27. The summed E-state index contributed by atoms with van der Waals surface area (Å²) in [6, 6.07) is 10.3. The van der Waals surface area contributed by atoms with Crippen molar-refractivity contribution < 1.29 is 17.6 Å². The Kier molecular flexibility index (Phi) is 5.93. The zero-order valence-corrected chi connectivity index (χ0v) is 14.4. The highest BCUT2D eigenvalue weighted by Crippen LogP contribution is 2.14. The number of rotatable bonds is 6. The summed E-state index contributed by atoms with van der Waals surface area (Å²) < 4.78 is 39.6. The molecule has 0 heterocycles. The molecular formula is C16H16ClFN2O3S. The lowest BCUT2D eigenvalue weighted by Gasteiger charge is -2.09. The van der Waals surface area contributed by atoms with Crippen LogP contribution in [0, 0.1) is 12.7 Å². The molecule has 2 rings (SSSR count). The summed E-state index contributed by atoms with van der Waals surface area (Å²) in [5.74, 6) is -0.970. The molecule has 0 aliphatic carbocycles. The largest absolute Gasteiger partial charge is 0.351 e. The van der Waals surface area contributed by atoms with Gasteiger partial charge in [0, 0.05) is 11.6 Å². The highest BCUT2D eigenvalue weighted by atomic mass is 35.5. The SMILES string of the molecule is Cc1cc(S(=O)(=O)NCC(=O)NCc2ccc(Cl)cc2)ccc1F. The maximum absolute atomic E-state index is 13.2. The third-order valence-corrected chi connectivity index (χ3v) is 4.92. The fraction of sp³-hybridized carbons (Fsp3) is 0.188. The number of halogens is 2. The third kappa shape index (κ3) is 5.02. The van der Waals surface area contributed by atoms with Crippen molar-refractivity contribution in [1.82, 2.24) is 10.0 Å².